The van der Waals surface area contributed by atoms with Gasteiger partial charge < -0.3 is 15.5 Å². The quantitative estimate of drug-likeness (QED) is 0.838. The molecule has 4 rings (SSSR count). The van der Waals surface area contributed by atoms with Crippen molar-refractivity contribution in [1.82, 2.24) is 15.2 Å². The third-order valence-corrected chi connectivity index (χ3v) is 5.71. The lowest BCUT2D eigenvalue weighted by Crippen LogP contribution is -2.40. The number of amides is 2. The van der Waals surface area contributed by atoms with Crippen molar-refractivity contribution in [3.63, 3.8) is 0 Å². The number of rotatable bonds is 5. The van der Waals surface area contributed by atoms with Gasteiger partial charge in [-0.3, -0.25) is 4.98 Å². The number of hydrogen-bond donors (Lipinski definition) is 2. The van der Waals surface area contributed by atoms with E-state index in [2.05, 4.69) is 20.5 Å². The van der Waals surface area contributed by atoms with Crippen molar-refractivity contribution in [2.45, 2.75) is 38.1 Å². The van der Waals surface area contributed by atoms with Crippen LogP contribution in [0.1, 0.15) is 32.1 Å². The van der Waals surface area contributed by atoms with Gasteiger partial charge >= 0.3 is 6.03 Å². The molecule has 5 nitrogen and oxygen atoms in total. The number of carbonyl (C=O) groups is 1. The zero-order chi connectivity index (χ0) is 18.5. The number of benzene rings is 1. The molecule has 2 aliphatic rings. The van der Waals surface area contributed by atoms with E-state index in [9.17, 15) is 4.79 Å². The molecule has 2 N–H and O–H groups in total. The number of nitrogens with zero attached hydrogens (tertiary/aromatic N) is 2. The maximum atomic E-state index is 12.4. The maximum Gasteiger partial charge on any atom is 0.319 e. The Morgan fingerprint density at radius 2 is 1.96 bits per heavy atom. The smallest absolute Gasteiger partial charge is 0.319 e. The summed E-state index contributed by atoms with van der Waals surface area (Å²) in [6.07, 6.45) is 10.2. The normalized spacial score (nSPS) is 20.7. The van der Waals surface area contributed by atoms with Gasteiger partial charge in [0.05, 0.1) is 0 Å². The minimum Gasteiger partial charge on any atom is -0.334 e. The summed E-state index contributed by atoms with van der Waals surface area (Å²) >= 11 is 0. The second-order valence-corrected chi connectivity index (χ2v) is 7.82. The molecule has 1 saturated carbocycles. The van der Waals surface area contributed by atoms with Gasteiger partial charge in [-0.15, -0.1) is 0 Å². The van der Waals surface area contributed by atoms with Crippen LogP contribution < -0.4 is 10.6 Å². The molecule has 1 saturated heterocycles. The van der Waals surface area contributed by atoms with E-state index in [0.29, 0.717) is 0 Å². The third-order valence-electron chi connectivity index (χ3n) is 5.71. The molecule has 0 bridgehead atoms. The first-order valence-corrected chi connectivity index (χ1v) is 10.1. The molecule has 2 aromatic rings. The molecule has 2 amide bonds. The van der Waals surface area contributed by atoms with E-state index in [1.807, 2.05) is 42.6 Å². The number of aromatic nitrogens is 1. The average molecular weight is 364 g/mol. The fourth-order valence-electron chi connectivity index (χ4n) is 4.34. The predicted octanol–water partition coefficient (Wildman–Crippen LogP) is 4.13. The summed E-state index contributed by atoms with van der Waals surface area (Å²) in [6, 6.07) is 11.9. The summed E-state index contributed by atoms with van der Waals surface area (Å²) in [5, 5.41) is 6.12. The first kappa shape index (κ1) is 18.0. The Labute approximate surface area is 161 Å². The van der Waals surface area contributed by atoms with E-state index in [0.717, 1.165) is 42.2 Å². The number of anilines is 1. The lowest BCUT2D eigenvalue weighted by molar-refractivity contribution is 0.245. The highest BCUT2D eigenvalue weighted by Crippen LogP contribution is 2.26. The minimum absolute atomic E-state index is 0.119. The summed E-state index contributed by atoms with van der Waals surface area (Å²) < 4.78 is 0. The first-order valence-electron chi connectivity index (χ1n) is 10.1. The highest BCUT2D eigenvalue weighted by Gasteiger charge is 2.26. The third kappa shape index (κ3) is 4.86. The van der Waals surface area contributed by atoms with Crippen LogP contribution in [0.3, 0.4) is 0 Å². The molecular formula is C22H28N4O. The number of likely N-dealkylation sites (tertiary alicyclic amines) is 1. The summed E-state index contributed by atoms with van der Waals surface area (Å²) in [6.45, 7) is 3.27. The second kappa shape index (κ2) is 8.53. The van der Waals surface area contributed by atoms with E-state index in [4.69, 9.17) is 0 Å². The van der Waals surface area contributed by atoms with Gasteiger partial charge in [-0.25, -0.2) is 4.79 Å². The zero-order valence-electron chi connectivity index (χ0n) is 15.7. The SMILES string of the molecule is O=C(Nc1cccc(-c2cccnc2)c1)NC1CCN(CC2CCCC2)C1. The summed E-state index contributed by atoms with van der Waals surface area (Å²) in [5.74, 6) is 0.868. The van der Waals surface area contributed by atoms with Crippen molar-refractivity contribution < 1.29 is 4.79 Å². The Balaban J connectivity index is 1.28. The molecule has 0 spiro atoms. The fraction of sp³-hybridized carbons (Fsp3) is 0.455. The topological polar surface area (TPSA) is 57.3 Å². The van der Waals surface area contributed by atoms with Crippen LogP contribution >= 0.6 is 0 Å². The number of urea groups is 1. The van der Waals surface area contributed by atoms with Crippen LogP contribution in [-0.2, 0) is 0 Å². The van der Waals surface area contributed by atoms with Crippen molar-refractivity contribution in [3.05, 3.63) is 48.8 Å². The highest BCUT2D eigenvalue weighted by molar-refractivity contribution is 5.90. The Morgan fingerprint density at radius 3 is 2.78 bits per heavy atom. The van der Waals surface area contributed by atoms with Crippen LogP contribution in [-0.4, -0.2) is 41.6 Å². The standard InChI is InChI=1S/C22H28N4O/c27-22(25-21-10-12-26(16-21)15-17-5-1-2-6-17)24-20-9-3-7-18(13-20)19-8-4-11-23-14-19/h3-4,7-9,11,13-14,17,21H,1-2,5-6,10,12,15-16H2,(H2,24,25,27). The largest absolute Gasteiger partial charge is 0.334 e. The van der Waals surface area contributed by atoms with Crippen LogP contribution in [0.4, 0.5) is 10.5 Å². The molecular weight excluding hydrogens is 336 g/mol. The van der Waals surface area contributed by atoms with Gasteiger partial charge in [-0.1, -0.05) is 31.0 Å². The van der Waals surface area contributed by atoms with Crippen molar-refractivity contribution in [1.29, 1.82) is 0 Å². The lowest BCUT2D eigenvalue weighted by atomic mass is 10.1. The Morgan fingerprint density at radius 1 is 1.11 bits per heavy atom. The summed E-state index contributed by atoms with van der Waals surface area (Å²) in [7, 11) is 0. The van der Waals surface area contributed by atoms with Crippen molar-refractivity contribution in [2.75, 3.05) is 25.0 Å². The molecule has 1 unspecified atom stereocenters. The molecule has 142 valence electrons. The molecule has 1 aromatic carbocycles. The van der Waals surface area contributed by atoms with Crippen LogP contribution in [0.15, 0.2) is 48.8 Å². The molecule has 1 aromatic heterocycles. The Bertz CT molecular complexity index is 758. The monoisotopic (exact) mass is 364 g/mol. The van der Waals surface area contributed by atoms with Gasteiger partial charge in [-0.05, 0) is 48.9 Å². The summed E-state index contributed by atoms with van der Waals surface area (Å²) in [4.78, 5) is 19.1. The molecule has 2 heterocycles. The molecule has 2 fully saturated rings. The van der Waals surface area contributed by atoms with Gasteiger partial charge in [-0.2, -0.15) is 0 Å². The van der Waals surface area contributed by atoms with Crippen molar-refractivity contribution >= 4 is 11.7 Å². The minimum atomic E-state index is -0.119. The number of carbonyl (C=O) groups excluding carboxylic acids is 1. The second-order valence-electron chi connectivity index (χ2n) is 7.82. The molecule has 5 heteroatoms. The van der Waals surface area contributed by atoms with Crippen LogP contribution in [0.2, 0.25) is 0 Å². The molecule has 1 atom stereocenters. The zero-order valence-corrected chi connectivity index (χ0v) is 15.7. The van der Waals surface area contributed by atoms with Gasteiger partial charge in [0.25, 0.3) is 0 Å². The highest BCUT2D eigenvalue weighted by atomic mass is 16.2. The van der Waals surface area contributed by atoms with E-state index in [1.165, 1.54) is 32.2 Å². The van der Waals surface area contributed by atoms with Gasteiger partial charge in [0, 0.05) is 49.3 Å². The van der Waals surface area contributed by atoms with E-state index in [1.54, 1.807) is 6.20 Å². The van der Waals surface area contributed by atoms with Gasteiger partial charge in [0.1, 0.15) is 0 Å². The van der Waals surface area contributed by atoms with Crippen LogP contribution in [0.25, 0.3) is 11.1 Å². The van der Waals surface area contributed by atoms with Gasteiger partial charge in [0.2, 0.25) is 0 Å². The Hall–Kier alpha value is -2.40. The van der Waals surface area contributed by atoms with E-state index in [-0.39, 0.29) is 12.1 Å². The first-order chi connectivity index (χ1) is 13.3. The van der Waals surface area contributed by atoms with Crippen LogP contribution in [0.5, 0.6) is 0 Å². The lowest BCUT2D eigenvalue weighted by Gasteiger charge is -2.20. The molecule has 1 aliphatic heterocycles. The fourth-order valence-corrected chi connectivity index (χ4v) is 4.34. The van der Waals surface area contributed by atoms with E-state index >= 15 is 0 Å². The Kier molecular flexibility index (Phi) is 5.68. The molecule has 0 radical (unpaired) electrons. The summed E-state index contributed by atoms with van der Waals surface area (Å²) in [5.41, 5.74) is 2.89. The van der Waals surface area contributed by atoms with Gasteiger partial charge in [0.15, 0.2) is 0 Å². The van der Waals surface area contributed by atoms with E-state index < -0.39 is 0 Å². The number of hydrogen-bond acceptors (Lipinski definition) is 3. The molecule has 1 aliphatic carbocycles. The van der Waals surface area contributed by atoms with Crippen molar-refractivity contribution in [2.24, 2.45) is 5.92 Å². The average Bonchev–Trinajstić information content (AvgIpc) is 3.35. The maximum absolute atomic E-state index is 12.4. The van der Waals surface area contributed by atoms with Crippen molar-refractivity contribution in [3.8, 4) is 11.1 Å². The number of pyridine rings is 1. The number of nitrogens with one attached hydrogen (secondary N) is 2. The predicted molar refractivity (Wildman–Crippen MR) is 109 cm³/mol. The van der Waals surface area contributed by atoms with Crippen LogP contribution in [0, 0.1) is 5.92 Å². The molecule has 27 heavy (non-hydrogen) atoms.